The van der Waals surface area contributed by atoms with Crippen LogP contribution in [0.4, 0.5) is 5.82 Å². The molecule has 0 aliphatic carbocycles. The van der Waals surface area contributed by atoms with Crippen LogP contribution in [0.1, 0.15) is 39.0 Å². The molecule has 6 nitrogen and oxygen atoms in total. The minimum Gasteiger partial charge on any atom is -0.496 e. The van der Waals surface area contributed by atoms with Crippen molar-refractivity contribution >= 4 is 17.6 Å². The number of nitriles is 1. The monoisotopic (exact) mass is 365 g/mol. The number of hydrogen-bond acceptors (Lipinski definition) is 5. The molecule has 140 valence electrons. The van der Waals surface area contributed by atoms with Gasteiger partial charge in [-0.2, -0.15) is 5.26 Å². The second-order valence-corrected chi connectivity index (χ2v) is 6.64. The molecule has 2 amide bonds. The number of amides is 2. The van der Waals surface area contributed by atoms with Gasteiger partial charge in [0.2, 0.25) is 11.8 Å². The van der Waals surface area contributed by atoms with Crippen LogP contribution in [0.25, 0.3) is 11.1 Å². The van der Waals surface area contributed by atoms with E-state index in [9.17, 15) is 14.9 Å². The fourth-order valence-corrected chi connectivity index (χ4v) is 2.98. The van der Waals surface area contributed by atoms with Crippen molar-refractivity contribution in [3.63, 3.8) is 0 Å². The molecule has 0 fully saturated rings. The summed E-state index contributed by atoms with van der Waals surface area (Å²) in [6, 6.07) is 11.3. The molecule has 0 bridgehead atoms. The zero-order valence-electron chi connectivity index (χ0n) is 16.2. The Balaban J connectivity index is 2.87. The van der Waals surface area contributed by atoms with E-state index in [1.807, 2.05) is 24.3 Å². The van der Waals surface area contributed by atoms with Gasteiger partial charge in [0.1, 0.15) is 17.4 Å². The SMILES string of the molecule is COc1ccccc1-c1cc(CC(C)C)nc(N(C(C)=O)C(C)=O)c1C#N. The molecule has 0 saturated heterocycles. The molecule has 2 aromatic rings. The van der Waals surface area contributed by atoms with Crippen molar-refractivity contribution in [2.75, 3.05) is 12.0 Å². The van der Waals surface area contributed by atoms with Gasteiger partial charge in [0.25, 0.3) is 0 Å². The van der Waals surface area contributed by atoms with Crippen molar-refractivity contribution in [2.24, 2.45) is 5.92 Å². The summed E-state index contributed by atoms with van der Waals surface area (Å²) in [6.45, 7) is 6.66. The van der Waals surface area contributed by atoms with Crippen molar-refractivity contribution in [1.29, 1.82) is 5.26 Å². The van der Waals surface area contributed by atoms with Crippen LogP contribution in [0.5, 0.6) is 5.75 Å². The minimum atomic E-state index is -0.487. The summed E-state index contributed by atoms with van der Waals surface area (Å²) in [7, 11) is 1.56. The third-order valence-electron chi connectivity index (χ3n) is 4.02. The summed E-state index contributed by atoms with van der Waals surface area (Å²) in [6.07, 6.45) is 0.643. The molecule has 6 heteroatoms. The van der Waals surface area contributed by atoms with Crippen LogP contribution in [0.15, 0.2) is 30.3 Å². The van der Waals surface area contributed by atoms with Crippen LogP contribution >= 0.6 is 0 Å². The number of anilines is 1. The number of carbonyl (C=O) groups is 2. The molecular formula is C21H23N3O3. The van der Waals surface area contributed by atoms with Gasteiger partial charge in [0.05, 0.1) is 7.11 Å². The summed E-state index contributed by atoms with van der Waals surface area (Å²) in [5.74, 6) is 0.000612. The van der Waals surface area contributed by atoms with Crippen LogP contribution in [0, 0.1) is 17.2 Å². The molecule has 0 aliphatic heterocycles. The molecule has 2 rings (SSSR count). The summed E-state index contributed by atoms with van der Waals surface area (Å²) >= 11 is 0. The van der Waals surface area contributed by atoms with Crippen LogP contribution in [-0.2, 0) is 16.0 Å². The van der Waals surface area contributed by atoms with Crippen molar-refractivity contribution in [3.05, 3.63) is 41.6 Å². The first-order valence-electron chi connectivity index (χ1n) is 8.68. The van der Waals surface area contributed by atoms with Gasteiger partial charge in [0, 0.05) is 30.7 Å². The summed E-state index contributed by atoms with van der Waals surface area (Å²) < 4.78 is 5.44. The van der Waals surface area contributed by atoms with E-state index in [1.165, 1.54) is 13.8 Å². The number of ether oxygens (including phenoxy) is 1. The predicted octanol–water partition coefficient (Wildman–Crippen LogP) is 3.73. The fourth-order valence-electron chi connectivity index (χ4n) is 2.98. The molecule has 0 atom stereocenters. The Bertz CT molecular complexity index is 899. The highest BCUT2D eigenvalue weighted by molar-refractivity contribution is 6.13. The first-order chi connectivity index (χ1) is 12.8. The van der Waals surface area contributed by atoms with Gasteiger partial charge in [-0.3, -0.25) is 9.59 Å². The third-order valence-corrected chi connectivity index (χ3v) is 4.02. The predicted molar refractivity (Wildman–Crippen MR) is 103 cm³/mol. The van der Waals surface area contributed by atoms with Gasteiger partial charge in [-0.25, -0.2) is 9.88 Å². The quantitative estimate of drug-likeness (QED) is 0.806. The number of methoxy groups -OCH3 is 1. The van der Waals surface area contributed by atoms with Gasteiger partial charge >= 0.3 is 0 Å². The Morgan fingerprint density at radius 3 is 2.33 bits per heavy atom. The Kier molecular flexibility index (Phi) is 6.30. The Morgan fingerprint density at radius 2 is 1.81 bits per heavy atom. The number of hydrogen-bond donors (Lipinski definition) is 0. The van der Waals surface area contributed by atoms with E-state index < -0.39 is 11.8 Å². The molecule has 0 unspecified atom stereocenters. The average molecular weight is 365 g/mol. The maximum atomic E-state index is 12.1. The number of aromatic nitrogens is 1. The van der Waals surface area contributed by atoms with Gasteiger partial charge in [0.15, 0.2) is 5.82 Å². The molecule has 0 radical (unpaired) electrons. The molecular weight excluding hydrogens is 342 g/mol. The van der Waals surface area contributed by atoms with Crippen LogP contribution in [0.3, 0.4) is 0 Å². The van der Waals surface area contributed by atoms with Gasteiger partial charge in [-0.15, -0.1) is 0 Å². The topological polar surface area (TPSA) is 83.3 Å². The van der Waals surface area contributed by atoms with E-state index in [-0.39, 0.29) is 11.4 Å². The smallest absolute Gasteiger partial charge is 0.231 e. The zero-order chi connectivity index (χ0) is 20.1. The van der Waals surface area contributed by atoms with E-state index in [2.05, 4.69) is 24.9 Å². The lowest BCUT2D eigenvalue weighted by atomic mass is 9.96. The molecule has 1 aromatic heterocycles. The van der Waals surface area contributed by atoms with E-state index in [1.54, 1.807) is 13.2 Å². The second kappa shape index (κ2) is 8.45. The molecule has 0 N–H and O–H groups in total. The first kappa shape index (κ1) is 20.1. The summed E-state index contributed by atoms with van der Waals surface area (Å²) in [5, 5.41) is 9.83. The molecule has 27 heavy (non-hydrogen) atoms. The highest BCUT2D eigenvalue weighted by atomic mass is 16.5. The van der Waals surface area contributed by atoms with Crippen LogP contribution < -0.4 is 9.64 Å². The standard InChI is InChI=1S/C21H23N3O3/c1-13(2)10-16-11-18(17-8-6-7-9-20(17)27-5)19(12-22)21(23-16)24(14(3)25)15(4)26/h6-9,11,13H,10H2,1-5H3. The van der Waals surface area contributed by atoms with E-state index in [4.69, 9.17) is 4.74 Å². The molecule has 1 heterocycles. The van der Waals surface area contributed by atoms with Crippen molar-refractivity contribution in [3.8, 4) is 22.9 Å². The number of benzene rings is 1. The van der Waals surface area contributed by atoms with Gasteiger partial charge < -0.3 is 4.74 Å². The van der Waals surface area contributed by atoms with Gasteiger partial charge in [-0.1, -0.05) is 32.0 Å². The number of nitrogens with zero attached hydrogens (tertiary/aromatic N) is 3. The lowest BCUT2D eigenvalue weighted by Crippen LogP contribution is -2.35. The van der Waals surface area contributed by atoms with E-state index in [0.29, 0.717) is 34.9 Å². The average Bonchev–Trinajstić information content (AvgIpc) is 2.60. The molecule has 0 aliphatic rings. The lowest BCUT2D eigenvalue weighted by molar-refractivity contribution is -0.124. The van der Waals surface area contributed by atoms with Crippen molar-refractivity contribution in [1.82, 2.24) is 4.98 Å². The normalized spacial score (nSPS) is 10.4. The summed E-state index contributed by atoms with van der Waals surface area (Å²) in [4.78, 5) is 29.6. The maximum Gasteiger partial charge on any atom is 0.231 e. The van der Waals surface area contributed by atoms with E-state index in [0.717, 1.165) is 4.90 Å². The maximum absolute atomic E-state index is 12.1. The Labute approximate surface area is 159 Å². The first-order valence-corrected chi connectivity index (χ1v) is 8.68. The number of imide groups is 1. The van der Waals surface area contributed by atoms with Crippen molar-refractivity contribution < 1.29 is 14.3 Å². The summed E-state index contributed by atoms with van der Waals surface area (Å²) in [5.41, 5.74) is 2.16. The highest BCUT2D eigenvalue weighted by Crippen LogP contribution is 2.36. The fraction of sp³-hybridized carbons (Fsp3) is 0.333. The van der Waals surface area contributed by atoms with Crippen molar-refractivity contribution in [2.45, 2.75) is 34.1 Å². The number of carbonyl (C=O) groups excluding carboxylic acids is 2. The Hall–Kier alpha value is -3.20. The number of para-hydroxylation sites is 1. The third kappa shape index (κ3) is 4.32. The molecule has 0 saturated carbocycles. The number of rotatable bonds is 5. The van der Waals surface area contributed by atoms with E-state index >= 15 is 0 Å². The Morgan fingerprint density at radius 1 is 1.19 bits per heavy atom. The second-order valence-electron chi connectivity index (χ2n) is 6.64. The lowest BCUT2D eigenvalue weighted by Gasteiger charge is -2.21. The number of pyridine rings is 1. The van der Waals surface area contributed by atoms with Gasteiger partial charge in [-0.05, 0) is 24.5 Å². The van der Waals surface area contributed by atoms with Crippen LogP contribution in [0.2, 0.25) is 0 Å². The largest absolute Gasteiger partial charge is 0.496 e. The molecule has 0 spiro atoms. The highest BCUT2D eigenvalue weighted by Gasteiger charge is 2.26. The zero-order valence-corrected chi connectivity index (χ0v) is 16.2. The van der Waals surface area contributed by atoms with Crippen LogP contribution in [-0.4, -0.2) is 23.9 Å². The molecule has 1 aromatic carbocycles. The minimum absolute atomic E-state index is 0.0663.